The van der Waals surface area contributed by atoms with Gasteiger partial charge in [-0.15, -0.1) is 10.2 Å². The normalized spacial score (nSPS) is 11.8. The van der Waals surface area contributed by atoms with Crippen molar-refractivity contribution < 1.29 is 9.59 Å². The molecule has 3 aromatic rings. The van der Waals surface area contributed by atoms with E-state index in [9.17, 15) is 9.59 Å². The van der Waals surface area contributed by atoms with Gasteiger partial charge in [-0.25, -0.2) is 4.79 Å². The second-order valence-corrected chi connectivity index (χ2v) is 7.20. The highest BCUT2D eigenvalue weighted by Crippen LogP contribution is 2.33. The molecule has 0 aliphatic carbocycles. The van der Waals surface area contributed by atoms with Crippen LogP contribution in [0.25, 0.3) is 22.0 Å². The van der Waals surface area contributed by atoms with Crippen LogP contribution in [0.1, 0.15) is 13.8 Å². The van der Waals surface area contributed by atoms with E-state index >= 15 is 0 Å². The molecule has 2 aromatic carbocycles. The first-order chi connectivity index (χ1) is 13.1. The Bertz CT molecular complexity index is 963. The minimum Gasteiger partial charge on any atom is -0.338 e. The maximum atomic E-state index is 12.2. The predicted molar refractivity (Wildman–Crippen MR) is 108 cm³/mol. The zero-order chi connectivity index (χ0) is 19.2. The number of amides is 3. The highest BCUT2D eigenvalue weighted by Gasteiger charge is 2.20. The first-order valence-corrected chi connectivity index (χ1v) is 9.54. The number of nitrogens with zero attached hydrogens (tertiary/aromatic N) is 2. The van der Waals surface area contributed by atoms with Gasteiger partial charge in [-0.3, -0.25) is 10.1 Å². The smallest absolute Gasteiger partial charge is 0.321 e. The molecule has 3 rings (SSSR count). The molecule has 1 heterocycles. The van der Waals surface area contributed by atoms with Crippen molar-refractivity contribution in [1.82, 2.24) is 20.8 Å². The molecule has 0 aliphatic rings. The number of urea groups is 1. The first-order valence-electron chi connectivity index (χ1n) is 8.66. The van der Waals surface area contributed by atoms with Crippen LogP contribution in [0.15, 0.2) is 59.6 Å². The lowest BCUT2D eigenvalue weighted by Crippen LogP contribution is -2.42. The van der Waals surface area contributed by atoms with Gasteiger partial charge in [0.05, 0.1) is 5.25 Å². The fourth-order valence-electron chi connectivity index (χ4n) is 2.61. The number of imide groups is 1. The highest BCUT2D eigenvalue weighted by atomic mass is 32.2. The van der Waals surface area contributed by atoms with Crippen LogP contribution in [0.2, 0.25) is 0 Å². The standard InChI is InChI=1S/C20H20N4O2S/c1-3-21-20(26)22-18(25)13(2)27-19-16-12-8-7-11-15(16)17(23-24-19)14-9-5-4-6-10-14/h4-13H,3H2,1-2H3,(H2,21,22,25,26). The molecular formula is C20H20N4O2S. The van der Waals surface area contributed by atoms with Crippen molar-refractivity contribution in [3.05, 3.63) is 54.6 Å². The van der Waals surface area contributed by atoms with Crippen molar-refractivity contribution in [3.8, 4) is 11.3 Å². The quantitative estimate of drug-likeness (QED) is 0.661. The monoisotopic (exact) mass is 380 g/mol. The number of aromatic nitrogens is 2. The Hall–Kier alpha value is -2.93. The summed E-state index contributed by atoms with van der Waals surface area (Å²) in [6, 6.07) is 17.2. The maximum absolute atomic E-state index is 12.2. The Labute approximate surface area is 161 Å². The van der Waals surface area contributed by atoms with Crippen LogP contribution in [0.5, 0.6) is 0 Å². The second kappa shape index (κ2) is 8.64. The minimum absolute atomic E-state index is 0.371. The molecule has 1 aromatic heterocycles. The van der Waals surface area contributed by atoms with E-state index in [4.69, 9.17) is 0 Å². The molecule has 0 aliphatic heterocycles. The Morgan fingerprint density at radius 1 is 1.00 bits per heavy atom. The average Bonchev–Trinajstić information content (AvgIpc) is 2.69. The van der Waals surface area contributed by atoms with E-state index < -0.39 is 11.3 Å². The fraction of sp³-hybridized carbons (Fsp3) is 0.200. The van der Waals surface area contributed by atoms with Gasteiger partial charge in [0.2, 0.25) is 5.91 Å². The molecule has 2 N–H and O–H groups in total. The molecule has 7 heteroatoms. The molecule has 0 bridgehead atoms. The Morgan fingerprint density at radius 3 is 2.37 bits per heavy atom. The lowest BCUT2D eigenvalue weighted by atomic mass is 10.1. The summed E-state index contributed by atoms with van der Waals surface area (Å²) in [5, 5.41) is 15.7. The van der Waals surface area contributed by atoms with E-state index in [-0.39, 0.29) is 5.91 Å². The molecule has 27 heavy (non-hydrogen) atoms. The molecule has 3 amide bonds. The summed E-state index contributed by atoms with van der Waals surface area (Å²) in [5.74, 6) is -0.371. The molecule has 0 radical (unpaired) electrons. The van der Waals surface area contributed by atoms with Crippen molar-refractivity contribution >= 4 is 34.5 Å². The lowest BCUT2D eigenvalue weighted by Gasteiger charge is -2.13. The van der Waals surface area contributed by atoms with Gasteiger partial charge in [-0.2, -0.15) is 0 Å². The van der Waals surface area contributed by atoms with E-state index in [2.05, 4.69) is 20.8 Å². The summed E-state index contributed by atoms with van der Waals surface area (Å²) in [7, 11) is 0. The van der Waals surface area contributed by atoms with Crippen LogP contribution in [0, 0.1) is 0 Å². The molecule has 0 spiro atoms. The number of carbonyl (C=O) groups is 2. The van der Waals surface area contributed by atoms with Gasteiger partial charge in [0.1, 0.15) is 10.7 Å². The van der Waals surface area contributed by atoms with Crippen molar-refractivity contribution in [2.24, 2.45) is 0 Å². The molecule has 138 valence electrons. The van der Waals surface area contributed by atoms with E-state index in [1.165, 1.54) is 11.8 Å². The van der Waals surface area contributed by atoms with E-state index in [1.807, 2.05) is 54.6 Å². The number of nitrogens with one attached hydrogen (secondary N) is 2. The SMILES string of the molecule is CCNC(=O)NC(=O)C(C)Sc1nnc(-c2ccccc2)c2ccccc12. The van der Waals surface area contributed by atoms with Gasteiger partial charge in [-0.1, -0.05) is 66.4 Å². The summed E-state index contributed by atoms with van der Waals surface area (Å²) in [4.78, 5) is 23.8. The summed E-state index contributed by atoms with van der Waals surface area (Å²) in [5.41, 5.74) is 1.79. The van der Waals surface area contributed by atoms with Crippen LogP contribution in [0.4, 0.5) is 4.79 Å². The minimum atomic E-state index is -0.495. The molecule has 1 unspecified atom stereocenters. The van der Waals surface area contributed by atoms with Crippen LogP contribution in [-0.4, -0.2) is 33.9 Å². The summed E-state index contributed by atoms with van der Waals surface area (Å²) in [6.45, 7) is 3.98. The Kier molecular flexibility index (Phi) is 6.03. The zero-order valence-electron chi connectivity index (χ0n) is 15.1. The third-order valence-electron chi connectivity index (χ3n) is 3.93. The van der Waals surface area contributed by atoms with Crippen molar-refractivity contribution in [2.45, 2.75) is 24.1 Å². The number of hydrogen-bond acceptors (Lipinski definition) is 5. The number of benzene rings is 2. The van der Waals surface area contributed by atoms with Crippen molar-refractivity contribution in [3.63, 3.8) is 0 Å². The largest absolute Gasteiger partial charge is 0.338 e. The highest BCUT2D eigenvalue weighted by molar-refractivity contribution is 8.00. The Balaban J connectivity index is 1.88. The van der Waals surface area contributed by atoms with Crippen LogP contribution >= 0.6 is 11.8 Å². The summed E-state index contributed by atoms with van der Waals surface area (Å²) < 4.78 is 0. The number of hydrogen-bond donors (Lipinski definition) is 2. The zero-order valence-corrected chi connectivity index (χ0v) is 15.9. The van der Waals surface area contributed by atoms with Gasteiger partial charge in [-0.05, 0) is 13.8 Å². The Morgan fingerprint density at radius 2 is 1.67 bits per heavy atom. The van der Waals surface area contributed by atoms with Crippen LogP contribution in [-0.2, 0) is 4.79 Å². The third kappa shape index (κ3) is 4.43. The van der Waals surface area contributed by atoms with E-state index in [1.54, 1.807) is 13.8 Å². The van der Waals surface area contributed by atoms with Gasteiger partial charge < -0.3 is 5.32 Å². The topological polar surface area (TPSA) is 84.0 Å². The van der Waals surface area contributed by atoms with E-state index in [0.29, 0.717) is 11.6 Å². The van der Waals surface area contributed by atoms with E-state index in [0.717, 1.165) is 22.0 Å². The molecule has 1 atom stereocenters. The van der Waals surface area contributed by atoms with Crippen LogP contribution < -0.4 is 10.6 Å². The number of rotatable bonds is 5. The molecular weight excluding hydrogens is 360 g/mol. The van der Waals surface area contributed by atoms with Crippen LogP contribution in [0.3, 0.4) is 0 Å². The average molecular weight is 380 g/mol. The van der Waals surface area contributed by atoms with Crippen molar-refractivity contribution in [1.29, 1.82) is 0 Å². The first kappa shape index (κ1) is 18.8. The molecule has 0 fully saturated rings. The predicted octanol–water partition coefficient (Wildman–Crippen LogP) is 3.62. The second-order valence-electron chi connectivity index (χ2n) is 5.87. The lowest BCUT2D eigenvalue weighted by molar-refractivity contribution is -0.119. The number of carbonyl (C=O) groups excluding carboxylic acids is 2. The molecule has 0 saturated carbocycles. The third-order valence-corrected chi connectivity index (χ3v) is 5.02. The number of fused-ring (bicyclic) bond motifs is 1. The van der Waals surface area contributed by atoms with Gasteiger partial charge in [0.25, 0.3) is 0 Å². The van der Waals surface area contributed by atoms with Gasteiger partial charge in [0.15, 0.2) is 0 Å². The maximum Gasteiger partial charge on any atom is 0.321 e. The summed E-state index contributed by atoms with van der Waals surface area (Å²) in [6.07, 6.45) is 0. The number of thioether (sulfide) groups is 1. The fourth-order valence-corrected chi connectivity index (χ4v) is 3.51. The molecule has 0 saturated heterocycles. The van der Waals surface area contributed by atoms with Gasteiger partial charge in [0, 0.05) is 22.9 Å². The summed E-state index contributed by atoms with van der Waals surface area (Å²) >= 11 is 1.28. The van der Waals surface area contributed by atoms with Crippen molar-refractivity contribution in [2.75, 3.05) is 6.54 Å². The van der Waals surface area contributed by atoms with Gasteiger partial charge >= 0.3 is 6.03 Å². The molecule has 6 nitrogen and oxygen atoms in total.